The molecule has 0 aromatic rings. The fourth-order valence-corrected chi connectivity index (χ4v) is 3.61. The molecule has 0 radical (unpaired) electrons. The maximum atomic E-state index is 3.76. The van der Waals surface area contributed by atoms with Gasteiger partial charge in [-0.15, -0.1) is 0 Å². The summed E-state index contributed by atoms with van der Waals surface area (Å²) in [6.45, 7) is 8.11. The average molecular weight is 253 g/mol. The third-order valence-corrected chi connectivity index (χ3v) is 4.80. The highest BCUT2D eigenvalue weighted by molar-refractivity contribution is 4.81. The molecule has 1 aliphatic carbocycles. The number of hydrogen-bond acceptors (Lipinski definition) is 1. The largest absolute Gasteiger partial charge is 0.314 e. The van der Waals surface area contributed by atoms with Gasteiger partial charge < -0.3 is 5.32 Å². The molecule has 0 spiro atoms. The van der Waals surface area contributed by atoms with Crippen molar-refractivity contribution >= 4 is 0 Å². The predicted molar refractivity (Wildman–Crippen MR) is 82.0 cm³/mol. The number of nitrogens with one attached hydrogen (secondary N) is 1. The van der Waals surface area contributed by atoms with E-state index in [0.717, 1.165) is 24.4 Å². The lowest BCUT2D eigenvalue weighted by molar-refractivity contribution is 0.260. The Hall–Kier alpha value is -0.0400. The lowest BCUT2D eigenvalue weighted by Gasteiger charge is -2.29. The molecular weight excluding hydrogens is 218 g/mol. The minimum Gasteiger partial charge on any atom is -0.314 e. The Morgan fingerprint density at radius 2 is 1.83 bits per heavy atom. The van der Waals surface area contributed by atoms with Crippen molar-refractivity contribution < 1.29 is 0 Å². The molecule has 108 valence electrons. The summed E-state index contributed by atoms with van der Waals surface area (Å²) in [5.74, 6) is 1.93. The van der Waals surface area contributed by atoms with Crippen molar-refractivity contribution in [2.24, 2.45) is 11.8 Å². The molecule has 3 unspecified atom stereocenters. The smallest absolute Gasteiger partial charge is 0.00953 e. The third kappa shape index (κ3) is 5.73. The summed E-state index contributed by atoms with van der Waals surface area (Å²) in [4.78, 5) is 0. The number of hydrogen-bond donors (Lipinski definition) is 1. The van der Waals surface area contributed by atoms with Crippen molar-refractivity contribution in [2.75, 3.05) is 6.54 Å². The van der Waals surface area contributed by atoms with Crippen LogP contribution in [0.5, 0.6) is 0 Å². The van der Waals surface area contributed by atoms with Gasteiger partial charge in [-0.2, -0.15) is 0 Å². The summed E-state index contributed by atoms with van der Waals surface area (Å²) in [6, 6.07) is 0.813. The van der Waals surface area contributed by atoms with E-state index < -0.39 is 0 Å². The van der Waals surface area contributed by atoms with Crippen molar-refractivity contribution in [1.29, 1.82) is 0 Å². The van der Waals surface area contributed by atoms with Gasteiger partial charge in [0.25, 0.3) is 0 Å². The first-order chi connectivity index (χ1) is 8.81. The summed E-state index contributed by atoms with van der Waals surface area (Å²) in [7, 11) is 0. The molecule has 0 heterocycles. The van der Waals surface area contributed by atoms with Gasteiger partial charge in [0.05, 0.1) is 0 Å². The van der Waals surface area contributed by atoms with Crippen LogP contribution in [-0.2, 0) is 0 Å². The highest BCUT2D eigenvalue weighted by atomic mass is 14.9. The first-order valence-electron chi connectivity index (χ1n) is 8.55. The van der Waals surface area contributed by atoms with E-state index in [4.69, 9.17) is 0 Å². The highest BCUT2D eigenvalue weighted by Crippen LogP contribution is 2.31. The van der Waals surface area contributed by atoms with Crippen LogP contribution in [0.4, 0.5) is 0 Å². The van der Waals surface area contributed by atoms with Crippen LogP contribution in [0.1, 0.15) is 85.0 Å². The van der Waals surface area contributed by atoms with Crippen LogP contribution in [0, 0.1) is 11.8 Å². The first-order valence-corrected chi connectivity index (χ1v) is 8.55. The minimum atomic E-state index is 0.813. The molecule has 0 aliphatic heterocycles. The second kappa shape index (κ2) is 9.83. The van der Waals surface area contributed by atoms with Gasteiger partial charge >= 0.3 is 0 Å². The van der Waals surface area contributed by atoms with E-state index in [0.29, 0.717) is 0 Å². The molecule has 0 saturated heterocycles. The molecule has 1 heteroatoms. The van der Waals surface area contributed by atoms with Crippen molar-refractivity contribution in [3.8, 4) is 0 Å². The molecule has 0 amide bonds. The molecule has 0 aromatic heterocycles. The summed E-state index contributed by atoms with van der Waals surface area (Å²) < 4.78 is 0. The van der Waals surface area contributed by atoms with E-state index in [9.17, 15) is 0 Å². The molecular formula is C17H35N. The molecule has 1 fully saturated rings. The van der Waals surface area contributed by atoms with Crippen molar-refractivity contribution in [3.05, 3.63) is 0 Å². The van der Waals surface area contributed by atoms with Gasteiger partial charge in [0.2, 0.25) is 0 Å². The summed E-state index contributed by atoms with van der Waals surface area (Å²) >= 11 is 0. The van der Waals surface area contributed by atoms with Crippen LogP contribution in [0.15, 0.2) is 0 Å². The summed E-state index contributed by atoms with van der Waals surface area (Å²) in [6.07, 6.45) is 14.4. The van der Waals surface area contributed by atoms with E-state index in [1.165, 1.54) is 64.2 Å². The summed E-state index contributed by atoms with van der Waals surface area (Å²) in [5, 5.41) is 3.76. The Morgan fingerprint density at radius 1 is 1.06 bits per heavy atom. The zero-order valence-electron chi connectivity index (χ0n) is 13.0. The van der Waals surface area contributed by atoms with Gasteiger partial charge in [0.1, 0.15) is 0 Å². The SMILES string of the molecule is CCCCC(CC)CC1CCCCCC1NCC. The number of rotatable bonds is 8. The molecule has 1 N–H and O–H groups in total. The van der Waals surface area contributed by atoms with Gasteiger partial charge in [-0.25, -0.2) is 0 Å². The molecule has 3 atom stereocenters. The standard InChI is InChI=1S/C17H35N/c1-4-7-11-15(5-2)14-16-12-9-8-10-13-17(16)18-6-3/h15-18H,4-14H2,1-3H3. The van der Waals surface area contributed by atoms with Crippen LogP contribution in [-0.4, -0.2) is 12.6 Å². The van der Waals surface area contributed by atoms with Crippen LogP contribution >= 0.6 is 0 Å². The number of unbranched alkanes of at least 4 members (excludes halogenated alkanes) is 1. The Balaban J connectivity index is 2.46. The molecule has 0 bridgehead atoms. The van der Waals surface area contributed by atoms with Gasteiger partial charge in [-0.05, 0) is 37.6 Å². The maximum absolute atomic E-state index is 3.76. The van der Waals surface area contributed by atoms with Gasteiger partial charge in [0.15, 0.2) is 0 Å². The van der Waals surface area contributed by atoms with E-state index in [1.54, 1.807) is 0 Å². The Morgan fingerprint density at radius 3 is 2.50 bits per heavy atom. The molecule has 1 rings (SSSR count). The van der Waals surface area contributed by atoms with Gasteiger partial charge in [-0.1, -0.05) is 65.7 Å². The fourth-order valence-electron chi connectivity index (χ4n) is 3.61. The highest BCUT2D eigenvalue weighted by Gasteiger charge is 2.25. The third-order valence-electron chi connectivity index (χ3n) is 4.80. The molecule has 1 nitrogen and oxygen atoms in total. The van der Waals surface area contributed by atoms with Crippen molar-refractivity contribution in [2.45, 2.75) is 91.0 Å². The normalized spacial score (nSPS) is 26.8. The fraction of sp³-hybridized carbons (Fsp3) is 1.00. The average Bonchev–Trinajstić information content (AvgIpc) is 2.60. The van der Waals surface area contributed by atoms with Crippen molar-refractivity contribution in [3.63, 3.8) is 0 Å². The molecule has 1 aliphatic rings. The van der Waals surface area contributed by atoms with Gasteiger partial charge in [-0.3, -0.25) is 0 Å². The first kappa shape index (κ1) is 16.0. The van der Waals surface area contributed by atoms with E-state index >= 15 is 0 Å². The monoisotopic (exact) mass is 253 g/mol. The predicted octanol–water partition coefficient (Wildman–Crippen LogP) is 5.15. The Labute approximate surface area is 115 Å². The zero-order valence-corrected chi connectivity index (χ0v) is 13.0. The van der Waals surface area contributed by atoms with E-state index in [-0.39, 0.29) is 0 Å². The van der Waals surface area contributed by atoms with E-state index in [1.807, 2.05) is 0 Å². The molecule has 0 aromatic carbocycles. The maximum Gasteiger partial charge on any atom is 0.00953 e. The molecule has 18 heavy (non-hydrogen) atoms. The van der Waals surface area contributed by atoms with Gasteiger partial charge in [0, 0.05) is 6.04 Å². The Kier molecular flexibility index (Phi) is 8.75. The lowest BCUT2D eigenvalue weighted by Crippen LogP contribution is -2.36. The second-order valence-electron chi connectivity index (χ2n) is 6.21. The zero-order chi connectivity index (χ0) is 13.2. The second-order valence-corrected chi connectivity index (χ2v) is 6.21. The van der Waals surface area contributed by atoms with Crippen LogP contribution in [0.2, 0.25) is 0 Å². The van der Waals surface area contributed by atoms with Crippen LogP contribution in [0.3, 0.4) is 0 Å². The molecule has 1 saturated carbocycles. The Bertz CT molecular complexity index is 190. The van der Waals surface area contributed by atoms with E-state index in [2.05, 4.69) is 26.1 Å². The lowest BCUT2D eigenvalue weighted by atomic mass is 9.82. The van der Waals surface area contributed by atoms with Crippen LogP contribution in [0.25, 0.3) is 0 Å². The summed E-state index contributed by atoms with van der Waals surface area (Å²) in [5.41, 5.74) is 0. The van der Waals surface area contributed by atoms with Crippen molar-refractivity contribution in [1.82, 2.24) is 5.32 Å². The minimum absolute atomic E-state index is 0.813. The quantitative estimate of drug-likeness (QED) is 0.590. The van der Waals surface area contributed by atoms with Crippen LogP contribution < -0.4 is 5.32 Å². The topological polar surface area (TPSA) is 12.0 Å².